The van der Waals surface area contributed by atoms with Crippen molar-refractivity contribution >= 4 is 28.0 Å². The molecule has 0 bridgehead atoms. The van der Waals surface area contributed by atoms with Crippen LogP contribution in [-0.2, 0) is 14.3 Å². The fraction of sp³-hybridized carbons (Fsp3) is 0.400. The van der Waals surface area contributed by atoms with Crippen LogP contribution in [0.3, 0.4) is 0 Å². The van der Waals surface area contributed by atoms with Gasteiger partial charge in [0.25, 0.3) is 0 Å². The van der Waals surface area contributed by atoms with Crippen molar-refractivity contribution in [1.82, 2.24) is 0 Å². The monoisotopic (exact) mass is 358 g/mol. The van der Waals surface area contributed by atoms with Crippen molar-refractivity contribution in [3.8, 4) is 5.75 Å². The summed E-state index contributed by atoms with van der Waals surface area (Å²) < 4.78 is 16.6. The van der Waals surface area contributed by atoms with Gasteiger partial charge in [-0.2, -0.15) is 0 Å². The number of halogens is 1. The topological polar surface area (TPSA) is 65.0 Å². The number of hydrogen-bond donors (Lipinski definition) is 1. The standard InChI is InChI=1S/C15H19BrO5/c1-19-9-10-20-7-2-8-21-13-4-5-14(16)12(11-13)3-6-15(17)18/h3-6,11H,2,7-10H2,1H3,(H,17,18)/b6-3+. The number of carbonyl (C=O) groups is 1. The smallest absolute Gasteiger partial charge is 0.328 e. The number of ether oxygens (including phenoxy) is 3. The summed E-state index contributed by atoms with van der Waals surface area (Å²) in [5.74, 6) is -0.290. The van der Waals surface area contributed by atoms with Crippen molar-refractivity contribution in [2.75, 3.05) is 33.5 Å². The first-order valence-electron chi connectivity index (χ1n) is 6.53. The molecule has 1 aromatic carbocycles. The van der Waals surface area contributed by atoms with Crippen molar-refractivity contribution in [1.29, 1.82) is 0 Å². The number of methoxy groups -OCH3 is 1. The molecule has 0 atom stereocenters. The Kier molecular flexibility index (Phi) is 8.73. The average molecular weight is 359 g/mol. The minimum absolute atomic E-state index is 0.538. The summed E-state index contributed by atoms with van der Waals surface area (Å²) in [4.78, 5) is 10.5. The molecule has 0 amide bonds. The van der Waals surface area contributed by atoms with E-state index in [1.54, 1.807) is 13.2 Å². The third-order valence-corrected chi connectivity index (χ3v) is 3.23. The maximum Gasteiger partial charge on any atom is 0.328 e. The Morgan fingerprint density at radius 3 is 2.81 bits per heavy atom. The number of carboxylic acid groups (broad SMARTS) is 1. The highest BCUT2D eigenvalue weighted by Crippen LogP contribution is 2.23. The van der Waals surface area contributed by atoms with E-state index in [0.29, 0.717) is 32.2 Å². The zero-order valence-corrected chi connectivity index (χ0v) is 13.5. The van der Waals surface area contributed by atoms with Gasteiger partial charge in [0.05, 0.1) is 19.8 Å². The molecule has 0 aliphatic rings. The summed E-state index contributed by atoms with van der Waals surface area (Å²) in [6.45, 7) is 2.33. The molecule has 1 rings (SSSR count). The molecule has 21 heavy (non-hydrogen) atoms. The Morgan fingerprint density at radius 1 is 1.29 bits per heavy atom. The molecule has 0 saturated heterocycles. The zero-order chi connectivity index (χ0) is 15.5. The van der Waals surface area contributed by atoms with Crippen LogP contribution in [0.15, 0.2) is 28.7 Å². The van der Waals surface area contributed by atoms with Gasteiger partial charge in [0.15, 0.2) is 0 Å². The molecule has 0 heterocycles. The number of benzene rings is 1. The van der Waals surface area contributed by atoms with Gasteiger partial charge in [-0.15, -0.1) is 0 Å². The third kappa shape index (κ3) is 7.84. The second-order valence-electron chi connectivity index (χ2n) is 4.16. The van der Waals surface area contributed by atoms with Gasteiger partial charge in [0, 0.05) is 30.7 Å². The van der Waals surface area contributed by atoms with E-state index in [4.69, 9.17) is 19.3 Å². The maximum absolute atomic E-state index is 10.5. The van der Waals surface area contributed by atoms with Crippen LogP contribution < -0.4 is 4.74 Å². The molecule has 116 valence electrons. The van der Waals surface area contributed by atoms with Gasteiger partial charge in [-0.25, -0.2) is 4.79 Å². The summed E-state index contributed by atoms with van der Waals surface area (Å²) in [5, 5.41) is 8.64. The Balaban J connectivity index is 2.38. The van der Waals surface area contributed by atoms with Crippen LogP contribution in [0.4, 0.5) is 0 Å². The fourth-order valence-corrected chi connectivity index (χ4v) is 1.87. The first-order valence-corrected chi connectivity index (χ1v) is 7.33. The lowest BCUT2D eigenvalue weighted by Gasteiger charge is -2.08. The van der Waals surface area contributed by atoms with Crippen molar-refractivity contribution in [2.45, 2.75) is 6.42 Å². The summed E-state index contributed by atoms with van der Waals surface area (Å²) in [6.07, 6.45) is 3.39. The quantitative estimate of drug-likeness (QED) is 0.514. The normalized spacial score (nSPS) is 11.0. The number of aliphatic carboxylic acids is 1. The molecule has 0 aromatic heterocycles. The highest BCUT2D eigenvalue weighted by Gasteiger charge is 2.01. The van der Waals surface area contributed by atoms with Gasteiger partial charge < -0.3 is 19.3 Å². The van der Waals surface area contributed by atoms with Crippen LogP contribution in [-0.4, -0.2) is 44.6 Å². The van der Waals surface area contributed by atoms with E-state index in [1.165, 1.54) is 6.08 Å². The fourth-order valence-electron chi connectivity index (χ4n) is 1.50. The van der Waals surface area contributed by atoms with Gasteiger partial charge in [-0.1, -0.05) is 15.9 Å². The van der Waals surface area contributed by atoms with Gasteiger partial charge in [0.2, 0.25) is 0 Å². The SMILES string of the molecule is COCCOCCCOc1ccc(Br)c(/C=C/C(=O)O)c1. The van der Waals surface area contributed by atoms with Crippen LogP contribution in [0.1, 0.15) is 12.0 Å². The second-order valence-corrected chi connectivity index (χ2v) is 5.02. The minimum atomic E-state index is -0.985. The molecule has 5 nitrogen and oxygen atoms in total. The molecule has 0 saturated carbocycles. The molecule has 1 N–H and O–H groups in total. The third-order valence-electron chi connectivity index (χ3n) is 2.51. The maximum atomic E-state index is 10.5. The highest BCUT2D eigenvalue weighted by molar-refractivity contribution is 9.10. The van der Waals surface area contributed by atoms with E-state index in [1.807, 2.05) is 12.1 Å². The minimum Gasteiger partial charge on any atom is -0.493 e. The van der Waals surface area contributed by atoms with Crippen molar-refractivity contribution in [3.05, 3.63) is 34.3 Å². The molecule has 0 aliphatic carbocycles. The molecular formula is C15H19BrO5. The summed E-state index contributed by atoms with van der Waals surface area (Å²) in [6, 6.07) is 5.44. The van der Waals surface area contributed by atoms with Gasteiger partial charge >= 0.3 is 5.97 Å². The van der Waals surface area contributed by atoms with Crippen LogP contribution in [0.25, 0.3) is 6.08 Å². The van der Waals surface area contributed by atoms with E-state index in [-0.39, 0.29) is 0 Å². The van der Waals surface area contributed by atoms with Crippen molar-refractivity contribution < 1.29 is 24.1 Å². The van der Waals surface area contributed by atoms with E-state index >= 15 is 0 Å². The van der Waals surface area contributed by atoms with Crippen LogP contribution >= 0.6 is 15.9 Å². The number of hydrogen-bond acceptors (Lipinski definition) is 4. The predicted octanol–water partition coefficient (Wildman–Crippen LogP) is 2.98. The van der Waals surface area contributed by atoms with Crippen molar-refractivity contribution in [2.24, 2.45) is 0 Å². The molecule has 0 radical (unpaired) electrons. The van der Waals surface area contributed by atoms with E-state index in [9.17, 15) is 4.79 Å². The highest BCUT2D eigenvalue weighted by atomic mass is 79.9. The van der Waals surface area contributed by atoms with Gasteiger partial charge in [0.1, 0.15) is 5.75 Å². The molecule has 6 heteroatoms. The first-order chi connectivity index (χ1) is 10.1. The largest absolute Gasteiger partial charge is 0.493 e. The lowest BCUT2D eigenvalue weighted by Crippen LogP contribution is -2.06. The van der Waals surface area contributed by atoms with Crippen LogP contribution in [0.2, 0.25) is 0 Å². The Labute approximate surface area is 132 Å². The number of carboxylic acids is 1. The second kappa shape index (κ2) is 10.4. The predicted molar refractivity (Wildman–Crippen MR) is 83.6 cm³/mol. The van der Waals surface area contributed by atoms with E-state index in [2.05, 4.69) is 15.9 Å². The van der Waals surface area contributed by atoms with E-state index < -0.39 is 5.97 Å². The molecule has 1 aromatic rings. The Hall–Kier alpha value is -1.37. The van der Waals surface area contributed by atoms with Crippen LogP contribution in [0, 0.1) is 0 Å². The summed E-state index contributed by atoms with van der Waals surface area (Å²) in [7, 11) is 1.64. The lowest BCUT2D eigenvalue weighted by atomic mass is 10.2. The molecule has 0 fully saturated rings. The zero-order valence-electron chi connectivity index (χ0n) is 11.9. The average Bonchev–Trinajstić information content (AvgIpc) is 2.46. The summed E-state index contributed by atoms with van der Waals surface area (Å²) >= 11 is 3.37. The summed E-state index contributed by atoms with van der Waals surface area (Å²) in [5.41, 5.74) is 0.756. The molecule has 0 aliphatic heterocycles. The lowest BCUT2D eigenvalue weighted by molar-refractivity contribution is -0.131. The molecule has 0 spiro atoms. The first kappa shape index (κ1) is 17.7. The van der Waals surface area contributed by atoms with Crippen molar-refractivity contribution in [3.63, 3.8) is 0 Å². The number of rotatable bonds is 10. The van der Waals surface area contributed by atoms with Gasteiger partial charge in [-0.05, 0) is 29.8 Å². The van der Waals surface area contributed by atoms with E-state index in [0.717, 1.165) is 22.5 Å². The van der Waals surface area contributed by atoms with Gasteiger partial charge in [-0.3, -0.25) is 0 Å². The molecule has 0 unspecified atom stereocenters. The Bertz CT molecular complexity index is 473. The molecular weight excluding hydrogens is 340 g/mol. The Morgan fingerprint density at radius 2 is 2.10 bits per heavy atom. The van der Waals surface area contributed by atoms with Crippen LogP contribution in [0.5, 0.6) is 5.75 Å².